The molecule has 0 fully saturated rings. The van der Waals surface area contributed by atoms with Gasteiger partial charge in [0, 0.05) is 18.3 Å². The Kier molecular flexibility index (Phi) is 6.61. The van der Waals surface area contributed by atoms with Crippen LogP contribution in [0.25, 0.3) is 0 Å². The van der Waals surface area contributed by atoms with Crippen LogP contribution < -0.4 is 15.8 Å². The summed E-state index contributed by atoms with van der Waals surface area (Å²) in [7, 11) is 1.65. The van der Waals surface area contributed by atoms with Gasteiger partial charge in [-0.05, 0) is 54.3 Å². The van der Waals surface area contributed by atoms with Gasteiger partial charge in [0.25, 0.3) is 0 Å². The van der Waals surface area contributed by atoms with Crippen molar-refractivity contribution in [2.45, 2.75) is 32.1 Å². The van der Waals surface area contributed by atoms with Crippen LogP contribution in [0.1, 0.15) is 29.7 Å². The molecule has 0 aliphatic carbocycles. The van der Waals surface area contributed by atoms with Crippen molar-refractivity contribution in [2.75, 3.05) is 19.4 Å². The Morgan fingerprint density at radius 1 is 1.12 bits per heavy atom. The van der Waals surface area contributed by atoms with Crippen LogP contribution in [0.2, 0.25) is 0 Å². The second kappa shape index (κ2) is 8.68. The molecule has 0 unspecified atom stereocenters. The van der Waals surface area contributed by atoms with E-state index >= 15 is 0 Å². The van der Waals surface area contributed by atoms with Crippen molar-refractivity contribution in [3.05, 3.63) is 59.2 Å². The van der Waals surface area contributed by atoms with E-state index in [9.17, 15) is 10.2 Å². The molecule has 0 saturated carbocycles. The van der Waals surface area contributed by atoms with Gasteiger partial charge in [-0.15, -0.1) is 0 Å². The molecule has 2 aromatic carbocycles. The summed E-state index contributed by atoms with van der Waals surface area (Å²) in [6.45, 7) is 2.41. The van der Waals surface area contributed by atoms with E-state index < -0.39 is 6.10 Å². The lowest BCUT2D eigenvalue weighted by Gasteiger charge is -2.18. The van der Waals surface area contributed by atoms with Crippen LogP contribution in [0, 0.1) is 0 Å². The van der Waals surface area contributed by atoms with Crippen LogP contribution >= 0.6 is 0 Å². The maximum absolute atomic E-state index is 10.3. The second-order valence-electron chi connectivity index (χ2n) is 6.04. The lowest BCUT2D eigenvalue weighted by Crippen LogP contribution is -2.32. The lowest BCUT2D eigenvalue weighted by atomic mass is 10.0. The number of nitrogen functional groups attached to an aromatic ring is 1. The number of nitrogens with one attached hydrogen (secondary N) is 1. The highest BCUT2D eigenvalue weighted by atomic mass is 16.5. The van der Waals surface area contributed by atoms with E-state index in [-0.39, 0.29) is 12.6 Å². The molecule has 0 bridgehead atoms. The minimum Gasteiger partial charge on any atom is -0.497 e. The van der Waals surface area contributed by atoms with Crippen molar-refractivity contribution in [2.24, 2.45) is 0 Å². The molecule has 24 heavy (non-hydrogen) atoms. The smallest absolute Gasteiger partial charge is 0.118 e. The van der Waals surface area contributed by atoms with E-state index in [4.69, 9.17) is 10.5 Å². The van der Waals surface area contributed by atoms with Gasteiger partial charge in [0.1, 0.15) is 5.75 Å². The fraction of sp³-hybridized carbons (Fsp3) is 0.368. The Labute approximate surface area is 143 Å². The van der Waals surface area contributed by atoms with E-state index in [1.165, 1.54) is 5.56 Å². The molecule has 5 heteroatoms. The first-order chi connectivity index (χ1) is 11.5. The largest absolute Gasteiger partial charge is 0.497 e. The van der Waals surface area contributed by atoms with E-state index in [2.05, 4.69) is 12.2 Å². The van der Waals surface area contributed by atoms with Gasteiger partial charge >= 0.3 is 0 Å². The van der Waals surface area contributed by atoms with Crippen molar-refractivity contribution >= 4 is 5.69 Å². The van der Waals surface area contributed by atoms with Crippen LogP contribution in [0.3, 0.4) is 0 Å². The summed E-state index contributed by atoms with van der Waals surface area (Å²) in [5, 5.41) is 22.9. The quantitative estimate of drug-likeness (QED) is 0.556. The van der Waals surface area contributed by atoms with Crippen molar-refractivity contribution in [3.8, 4) is 5.75 Å². The third kappa shape index (κ3) is 5.23. The number of methoxy groups -OCH3 is 1. The van der Waals surface area contributed by atoms with Gasteiger partial charge in [0.2, 0.25) is 0 Å². The predicted molar refractivity (Wildman–Crippen MR) is 95.9 cm³/mol. The molecule has 2 aromatic rings. The maximum atomic E-state index is 10.3. The Morgan fingerprint density at radius 2 is 1.83 bits per heavy atom. The van der Waals surface area contributed by atoms with Crippen molar-refractivity contribution in [1.29, 1.82) is 0 Å². The molecule has 5 nitrogen and oxygen atoms in total. The summed E-state index contributed by atoms with van der Waals surface area (Å²) >= 11 is 0. The van der Waals surface area contributed by atoms with Crippen molar-refractivity contribution in [3.63, 3.8) is 0 Å². The number of rotatable bonds is 8. The Balaban J connectivity index is 1.88. The monoisotopic (exact) mass is 330 g/mol. The molecule has 0 aliphatic heterocycles. The Morgan fingerprint density at radius 3 is 2.46 bits per heavy atom. The molecule has 0 spiro atoms. The van der Waals surface area contributed by atoms with E-state index in [1.807, 2.05) is 24.3 Å². The van der Waals surface area contributed by atoms with Gasteiger partial charge in [-0.25, -0.2) is 0 Å². The van der Waals surface area contributed by atoms with Gasteiger partial charge in [0.15, 0.2) is 0 Å². The van der Waals surface area contributed by atoms with Gasteiger partial charge in [-0.1, -0.05) is 18.2 Å². The second-order valence-corrected chi connectivity index (χ2v) is 6.04. The molecule has 2 rings (SSSR count). The molecule has 5 N–H and O–H groups in total. The standard InChI is InChI=1S/C19H26N2O3/c1-13(7-14-3-5-18(24-2)6-4-14)21-11-19(23)16-8-15(12-22)9-17(20)10-16/h3-6,8-10,13,19,21-23H,7,11-12,20H2,1-2H3/t13-,19-/m1/s1. The summed E-state index contributed by atoms with van der Waals surface area (Å²) < 4.78 is 5.15. The topological polar surface area (TPSA) is 87.7 Å². The predicted octanol–water partition coefficient (Wildman–Crippen LogP) is 2.02. The Hall–Kier alpha value is -2.08. The molecule has 130 valence electrons. The fourth-order valence-electron chi connectivity index (χ4n) is 2.65. The molecule has 0 aliphatic rings. The number of ether oxygens (including phenoxy) is 1. The summed E-state index contributed by atoms with van der Waals surface area (Å²) in [5.41, 5.74) is 8.97. The van der Waals surface area contributed by atoms with E-state index in [0.29, 0.717) is 23.4 Å². The summed E-state index contributed by atoms with van der Waals surface area (Å²) in [4.78, 5) is 0. The zero-order chi connectivity index (χ0) is 17.5. The number of aliphatic hydroxyl groups is 2. The Bertz CT molecular complexity index is 644. The number of nitrogens with two attached hydrogens (primary N) is 1. The van der Waals surface area contributed by atoms with E-state index in [0.717, 1.165) is 12.2 Å². The fourth-order valence-corrected chi connectivity index (χ4v) is 2.65. The molecule has 0 radical (unpaired) electrons. The number of anilines is 1. The molecular weight excluding hydrogens is 304 g/mol. The molecule has 0 heterocycles. The van der Waals surface area contributed by atoms with Crippen LogP contribution in [-0.2, 0) is 13.0 Å². The third-order valence-corrected chi connectivity index (χ3v) is 3.97. The number of aliphatic hydroxyl groups excluding tert-OH is 2. The molecule has 0 saturated heterocycles. The number of hydrogen-bond acceptors (Lipinski definition) is 5. The average Bonchev–Trinajstić information content (AvgIpc) is 2.59. The van der Waals surface area contributed by atoms with Crippen LogP contribution in [-0.4, -0.2) is 29.9 Å². The van der Waals surface area contributed by atoms with Crippen molar-refractivity contribution < 1.29 is 14.9 Å². The summed E-state index contributed by atoms with van der Waals surface area (Å²) in [6.07, 6.45) is 0.187. The van der Waals surface area contributed by atoms with Crippen LogP contribution in [0.5, 0.6) is 5.75 Å². The van der Waals surface area contributed by atoms with Gasteiger partial charge in [-0.2, -0.15) is 0 Å². The first-order valence-electron chi connectivity index (χ1n) is 8.06. The zero-order valence-electron chi connectivity index (χ0n) is 14.2. The maximum Gasteiger partial charge on any atom is 0.118 e. The highest BCUT2D eigenvalue weighted by Crippen LogP contribution is 2.19. The third-order valence-electron chi connectivity index (χ3n) is 3.97. The number of hydrogen-bond donors (Lipinski definition) is 4. The first kappa shape index (κ1) is 18.3. The lowest BCUT2D eigenvalue weighted by molar-refractivity contribution is 0.170. The zero-order valence-corrected chi connectivity index (χ0v) is 14.2. The molecule has 0 amide bonds. The number of benzene rings is 2. The van der Waals surface area contributed by atoms with Crippen LogP contribution in [0.4, 0.5) is 5.69 Å². The van der Waals surface area contributed by atoms with Gasteiger partial charge in [0.05, 0.1) is 19.8 Å². The minimum absolute atomic E-state index is 0.0912. The SMILES string of the molecule is COc1ccc(C[C@@H](C)NC[C@@H](O)c2cc(N)cc(CO)c2)cc1. The highest BCUT2D eigenvalue weighted by molar-refractivity contribution is 5.45. The van der Waals surface area contributed by atoms with Gasteiger partial charge in [-0.3, -0.25) is 0 Å². The first-order valence-corrected chi connectivity index (χ1v) is 8.06. The van der Waals surface area contributed by atoms with Crippen molar-refractivity contribution in [1.82, 2.24) is 5.32 Å². The molecule has 2 atom stereocenters. The van der Waals surface area contributed by atoms with E-state index in [1.54, 1.807) is 25.3 Å². The molecule has 0 aromatic heterocycles. The molecular formula is C19H26N2O3. The highest BCUT2D eigenvalue weighted by Gasteiger charge is 2.11. The minimum atomic E-state index is -0.669. The van der Waals surface area contributed by atoms with Gasteiger partial charge < -0.3 is 26.0 Å². The summed E-state index contributed by atoms with van der Waals surface area (Å²) in [6, 6.07) is 13.4. The normalized spacial score (nSPS) is 13.5. The van der Waals surface area contributed by atoms with Crippen LogP contribution in [0.15, 0.2) is 42.5 Å². The average molecular weight is 330 g/mol. The summed E-state index contributed by atoms with van der Waals surface area (Å²) in [5.74, 6) is 0.844.